The topological polar surface area (TPSA) is 87.7 Å². The number of oxime groups is 1. The summed E-state index contributed by atoms with van der Waals surface area (Å²) in [7, 11) is 0. The second-order valence-electron chi connectivity index (χ2n) is 6.15. The van der Waals surface area contributed by atoms with Gasteiger partial charge in [0.25, 0.3) is 0 Å². The van der Waals surface area contributed by atoms with Crippen LogP contribution in [0.15, 0.2) is 5.16 Å². The Kier molecular flexibility index (Phi) is 6.30. The molecule has 20 heavy (non-hydrogen) atoms. The lowest BCUT2D eigenvalue weighted by Crippen LogP contribution is -2.51. The van der Waals surface area contributed by atoms with E-state index >= 15 is 0 Å². The maximum atomic E-state index is 12.4. The van der Waals surface area contributed by atoms with E-state index in [-0.39, 0.29) is 17.8 Å². The van der Waals surface area contributed by atoms with Crippen molar-refractivity contribution in [1.29, 1.82) is 0 Å². The highest BCUT2D eigenvalue weighted by Gasteiger charge is 2.37. The molecule has 1 saturated carbocycles. The Bertz CT molecular complexity index is 349. The molecule has 1 amide bonds. The summed E-state index contributed by atoms with van der Waals surface area (Å²) in [4.78, 5) is 12.4. The summed E-state index contributed by atoms with van der Waals surface area (Å²) >= 11 is 0. The summed E-state index contributed by atoms with van der Waals surface area (Å²) in [5, 5.41) is 14.9. The molecule has 0 aromatic carbocycles. The Morgan fingerprint density at radius 1 is 1.35 bits per heavy atom. The Labute approximate surface area is 122 Å². The van der Waals surface area contributed by atoms with Crippen molar-refractivity contribution < 1.29 is 10.0 Å². The van der Waals surface area contributed by atoms with Gasteiger partial charge in [-0.05, 0) is 44.9 Å². The first-order chi connectivity index (χ1) is 9.47. The molecule has 1 aliphatic rings. The molecule has 1 atom stereocenters. The number of nitrogens with one attached hydrogen (secondary N) is 1. The van der Waals surface area contributed by atoms with Gasteiger partial charge in [0.15, 0.2) is 5.84 Å². The third kappa shape index (κ3) is 3.87. The first kappa shape index (κ1) is 16.8. The highest BCUT2D eigenvalue weighted by atomic mass is 16.4. The second kappa shape index (κ2) is 7.50. The van der Waals surface area contributed by atoms with Gasteiger partial charge in [-0.3, -0.25) is 4.79 Å². The maximum absolute atomic E-state index is 12.4. The maximum Gasteiger partial charge on any atom is 0.233 e. The van der Waals surface area contributed by atoms with Gasteiger partial charge in [0.2, 0.25) is 5.91 Å². The van der Waals surface area contributed by atoms with Gasteiger partial charge in [-0.2, -0.15) is 0 Å². The zero-order valence-electron chi connectivity index (χ0n) is 13.0. The number of nitrogens with two attached hydrogens (primary N) is 1. The van der Waals surface area contributed by atoms with E-state index in [1.54, 1.807) is 6.92 Å². The first-order valence-corrected chi connectivity index (χ1v) is 7.76. The number of amidine groups is 1. The third-order valence-corrected chi connectivity index (χ3v) is 4.76. The monoisotopic (exact) mass is 283 g/mol. The van der Waals surface area contributed by atoms with Crippen LogP contribution in [0.4, 0.5) is 0 Å². The summed E-state index contributed by atoms with van der Waals surface area (Å²) in [6.45, 7) is 5.81. The lowest BCUT2D eigenvalue weighted by molar-refractivity contribution is -0.128. The van der Waals surface area contributed by atoms with Gasteiger partial charge >= 0.3 is 0 Å². The molecular weight excluding hydrogens is 254 g/mol. The van der Waals surface area contributed by atoms with Crippen LogP contribution < -0.4 is 11.1 Å². The van der Waals surface area contributed by atoms with Crippen LogP contribution in [0.3, 0.4) is 0 Å². The van der Waals surface area contributed by atoms with Gasteiger partial charge in [-0.1, -0.05) is 31.8 Å². The number of carbonyl (C=O) groups excluding carboxylic acids is 1. The summed E-state index contributed by atoms with van der Waals surface area (Å²) in [6, 6.07) is 0.230. The van der Waals surface area contributed by atoms with Crippen molar-refractivity contribution >= 4 is 11.7 Å². The molecular formula is C15H29N3O2. The van der Waals surface area contributed by atoms with E-state index in [4.69, 9.17) is 10.9 Å². The zero-order valence-corrected chi connectivity index (χ0v) is 13.0. The number of hydrogen-bond acceptors (Lipinski definition) is 3. The van der Waals surface area contributed by atoms with Gasteiger partial charge in [-0.15, -0.1) is 0 Å². The SMILES string of the molecule is CCCC1CCC(NC(=O)C(C)(CC)C(N)=NO)CC1. The lowest BCUT2D eigenvalue weighted by Gasteiger charge is -2.32. The smallest absolute Gasteiger partial charge is 0.233 e. The van der Waals surface area contributed by atoms with Crippen molar-refractivity contribution in [3.05, 3.63) is 0 Å². The highest BCUT2D eigenvalue weighted by Crippen LogP contribution is 2.29. The number of hydrogen-bond donors (Lipinski definition) is 3. The van der Waals surface area contributed by atoms with Crippen LogP contribution in [0.5, 0.6) is 0 Å². The van der Waals surface area contributed by atoms with Gasteiger partial charge in [0.05, 0.1) is 0 Å². The van der Waals surface area contributed by atoms with Crippen molar-refractivity contribution in [3.63, 3.8) is 0 Å². The summed E-state index contributed by atoms with van der Waals surface area (Å²) < 4.78 is 0. The van der Waals surface area contributed by atoms with E-state index in [1.165, 1.54) is 25.7 Å². The van der Waals surface area contributed by atoms with Gasteiger partial charge < -0.3 is 16.3 Å². The van der Waals surface area contributed by atoms with Crippen molar-refractivity contribution in [3.8, 4) is 0 Å². The molecule has 1 unspecified atom stereocenters. The van der Waals surface area contributed by atoms with E-state index in [0.717, 1.165) is 18.8 Å². The molecule has 0 aliphatic heterocycles. The Hall–Kier alpha value is -1.26. The second-order valence-corrected chi connectivity index (χ2v) is 6.15. The van der Waals surface area contributed by atoms with E-state index in [9.17, 15) is 4.79 Å². The predicted molar refractivity (Wildman–Crippen MR) is 80.6 cm³/mol. The number of amides is 1. The molecule has 1 fully saturated rings. The molecule has 0 spiro atoms. The molecule has 116 valence electrons. The first-order valence-electron chi connectivity index (χ1n) is 7.76. The van der Waals surface area contributed by atoms with E-state index < -0.39 is 5.41 Å². The van der Waals surface area contributed by atoms with E-state index in [1.807, 2.05) is 6.92 Å². The van der Waals surface area contributed by atoms with Crippen LogP contribution in [0.25, 0.3) is 0 Å². The molecule has 0 radical (unpaired) electrons. The number of rotatable bonds is 6. The zero-order chi connectivity index (χ0) is 15.2. The number of nitrogens with zero attached hydrogens (tertiary/aromatic N) is 1. The fraction of sp³-hybridized carbons (Fsp3) is 0.867. The van der Waals surface area contributed by atoms with Crippen LogP contribution in [0, 0.1) is 11.3 Å². The minimum Gasteiger partial charge on any atom is -0.409 e. The van der Waals surface area contributed by atoms with Crippen LogP contribution in [0.2, 0.25) is 0 Å². The van der Waals surface area contributed by atoms with Gasteiger partial charge in [-0.25, -0.2) is 0 Å². The van der Waals surface area contributed by atoms with Crippen LogP contribution >= 0.6 is 0 Å². The van der Waals surface area contributed by atoms with Crippen LogP contribution in [-0.4, -0.2) is 23.0 Å². The normalized spacial score (nSPS) is 26.9. The van der Waals surface area contributed by atoms with Crippen LogP contribution in [-0.2, 0) is 4.79 Å². The quantitative estimate of drug-likeness (QED) is 0.303. The molecule has 0 aromatic heterocycles. The fourth-order valence-electron chi connectivity index (χ4n) is 2.92. The fourth-order valence-corrected chi connectivity index (χ4v) is 2.92. The van der Waals surface area contributed by atoms with Gasteiger partial charge in [0.1, 0.15) is 5.41 Å². The molecule has 5 nitrogen and oxygen atoms in total. The van der Waals surface area contributed by atoms with E-state index in [2.05, 4.69) is 17.4 Å². The van der Waals surface area contributed by atoms with Crippen molar-refractivity contribution in [1.82, 2.24) is 5.32 Å². The molecule has 5 heteroatoms. The molecule has 4 N–H and O–H groups in total. The average Bonchev–Trinajstić information content (AvgIpc) is 2.47. The van der Waals surface area contributed by atoms with E-state index in [0.29, 0.717) is 6.42 Å². The highest BCUT2D eigenvalue weighted by molar-refractivity contribution is 6.06. The average molecular weight is 283 g/mol. The molecule has 0 saturated heterocycles. The third-order valence-electron chi connectivity index (χ3n) is 4.76. The van der Waals surface area contributed by atoms with Crippen molar-refractivity contribution in [2.45, 2.75) is 71.8 Å². The minimum absolute atomic E-state index is 0.0165. The Balaban J connectivity index is 2.55. The number of carbonyl (C=O) groups is 1. The molecule has 1 aliphatic carbocycles. The van der Waals surface area contributed by atoms with Gasteiger partial charge in [0, 0.05) is 6.04 Å². The minimum atomic E-state index is -0.922. The summed E-state index contributed by atoms with van der Waals surface area (Å²) in [5.74, 6) is 0.668. The largest absolute Gasteiger partial charge is 0.409 e. The standard InChI is InChI=1S/C15H29N3O2/c1-4-6-11-7-9-12(10-8-11)17-14(19)15(3,5-2)13(16)18-20/h11-12,20H,4-10H2,1-3H3,(H2,16,18)(H,17,19). The lowest BCUT2D eigenvalue weighted by atomic mass is 9.81. The molecule has 0 heterocycles. The predicted octanol–water partition coefficient (Wildman–Crippen LogP) is 2.62. The van der Waals surface area contributed by atoms with Crippen molar-refractivity contribution in [2.75, 3.05) is 0 Å². The molecule has 1 rings (SSSR count). The van der Waals surface area contributed by atoms with Crippen molar-refractivity contribution in [2.24, 2.45) is 22.2 Å². The van der Waals surface area contributed by atoms with Crippen LogP contribution in [0.1, 0.15) is 65.7 Å². The Morgan fingerprint density at radius 3 is 2.40 bits per heavy atom. The molecule has 0 aromatic rings. The summed E-state index contributed by atoms with van der Waals surface area (Å²) in [6.07, 6.45) is 7.48. The Morgan fingerprint density at radius 2 is 1.95 bits per heavy atom. The molecule has 0 bridgehead atoms. The summed E-state index contributed by atoms with van der Waals surface area (Å²) in [5.41, 5.74) is 4.75.